The fourth-order valence-electron chi connectivity index (χ4n) is 2.14. The molecule has 2 aromatic rings. The predicted octanol–water partition coefficient (Wildman–Crippen LogP) is 2.83. The lowest BCUT2D eigenvalue weighted by Crippen LogP contribution is -2.18. The second-order valence-electron chi connectivity index (χ2n) is 4.56. The first-order chi connectivity index (χ1) is 9.65. The summed E-state index contributed by atoms with van der Waals surface area (Å²) in [6, 6.07) is 12.9. The highest BCUT2D eigenvalue weighted by molar-refractivity contribution is 6.04. The third-order valence-corrected chi connectivity index (χ3v) is 3.16. The summed E-state index contributed by atoms with van der Waals surface area (Å²) in [5.74, 6) is -0.966. The first kappa shape index (κ1) is 12.4. The first-order valence-corrected chi connectivity index (χ1v) is 6.23. The van der Waals surface area contributed by atoms with Crippen LogP contribution in [-0.4, -0.2) is 18.2 Å². The molecule has 100 valence electrons. The van der Waals surface area contributed by atoms with Crippen LogP contribution in [0, 0.1) is 0 Å². The summed E-state index contributed by atoms with van der Waals surface area (Å²) in [6.45, 7) is 1.62. The molecule has 1 aliphatic rings. The van der Waals surface area contributed by atoms with E-state index in [0.717, 1.165) is 10.8 Å². The summed E-state index contributed by atoms with van der Waals surface area (Å²) in [5, 5.41) is 1.77. The van der Waals surface area contributed by atoms with Crippen LogP contribution in [0.3, 0.4) is 0 Å². The predicted molar refractivity (Wildman–Crippen MR) is 73.0 cm³/mol. The van der Waals surface area contributed by atoms with Gasteiger partial charge >= 0.3 is 11.9 Å². The second-order valence-corrected chi connectivity index (χ2v) is 4.56. The Bertz CT molecular complexity index is 725. The van der Waals surface area contributed by atoms with E-state index in [2.05, 4.69) is 0 Å². The van der Waals surface area contributed by atoms with Gasteiger partial charge in [0.2, 0.25) is 0 Å². The third kappa shape index (κ3) is 2.16. The molecule has 0 aliphatic carbocycles. The van der Waals surface area contributed by atoms with E-state index in [-0.39, 0.29) is 0 Å². The van der Waals surface area contributed by atoms with Crippen LogP contribution in [0.1, 0.15) is 17.3 Å². The van der Waals surface area contributed by atoms with Crippen molar-refractivity contribution in [1.29, 1.82) is 0 Å². The minimum absolute atomic E-state index is 0.445. The van der Waals surface area contributed by atoms with Crippen molar-refractivity contribution in [1.82, 2.24) is 0 Å². The minimum atomic E-state index is -0.936. The van der Waals surface area contributed by atoms with Gasteiger partial charge in [0.25, 0.3) is 6.29 Å². The van der Waals surface area contributed by atoms with E-state index in [4.69, 9.17) is 9.47 Å². The molecule has 0 fully saturated rings. The van der Waals surface area contributed by atoms with Crippen LogP contribution < -0.4 is 0 Å². The van der Waals surface area contributed by atoms with Crippen LogP contribution in [0.25, 0.3) is 10.8 Å². The van der Waals surface area contributed by atoms with Gasteiger partial charge in [0, 0.05) is 11.6 Å². The van der Waals surface area contributed by atoms with Gasteiger partial charge in [-0.05, 0) is 23.8 Å². The third-order valence-electron chi connectivity index (χ3n) is 3.16. The van der Waals surface area contributed by atoms with Gasteiger partial charge in [-0.3, -0.25) is 0 Å². The number of carbonyl (C=O) groups is 2. The number of hydrogen-bond acceptors (Lipinski definition) is 4. The Hall–Kier alpha value is -2.62. The zero-order valence-electron chi connectivity index (χ0n) is 10.8. The molecule has 0 amide bonds. The number of cyclic esters (lactones) is 1. The maximum atomic E-state index is 12.2. The molecule has 0 bridgehead atoms. The van der Waals surface area contributed by atoms with Crippen molar-refractivity contribution in [2.75, 3.05) is 0 Å². The number of esters is 2. The van der Waals surface area contributed by atoms with Crippen molar-refractivity contribution in [3.8, 4) is 0 Å². The van der Waals surface area contributed by atoms with Crippen molar-refractivity contribution in [2.45, 2.75) is 13.2 Å². The van der Waals surface area contributed by atoms with Gasteiger partial charge in [0.1, 0.15) is 0 Å². The summed E-state index contributed by atoms with van der Waals surface area (Å²) in [7, 11) is 0. The lowest BCUT2D eigenvalue weighted by Gasteiger charge is -2.11. The number of fused-ring (bicyclic) bond motifs is 1. The average molecular weight is 268 g/mol. The Morgan fingerprint density at radius 2 is 1.90 bits per heavy atom. The molecule has 3 rings (SSSR count). The van der Waals surface area contributed by atoms with Crippen LogP contribution in [0.15, 0.2) is 54.1 Å². The Morgan fingerprint density at radius 3 is 2.65 bits per heavy atom. The van der Waals surface area contributed by atoms with Crippen LogP contribution in [0.2, 0.25) is 0 Å². The zero-order valence-corrected chi connectivity index (χ0v) is 10.8. The maximum Gasteiger partial charge on any atom is 0.342 e. The van der Waals surface area contributed by atoms with E-state index >= 15 is 0 Å². The van der Waals surface area contributed by atoms with E-state index < -0.39 is 18.2 Å². The van der Waals surface area contributed by atoms with Gasteiger partial charge in [-0.1, -0.05) is 36.4 Å². The smallest absolute Gasteiger partial charge is 0.342 e. The van der Waals surface area contributed by atoms with Gasteiger partial charge in [-0.2, -0.15) is 0 Å². The molecule has 0 unspecified atom stereocenters. The van der Waals surface area contributed by atoms with Crippen molar-refractivity contribution in [2.24, 2.45) is 0 Å². The summed E-state index contributed by atoms with van der Waals surface area (Å²) >= 11 is 0. The molecular weight excluding hydrogens is 256 g/mol. The van der Waals surface area contributed by atoms with Gasteiger partial charge in [-0.25, -0.2) is 9.59 Å². The van der Waals surface area contributed by atoms with Crippen LogP contribution in [-0.2, 0) is 14.3 Å². The second kappa shape index (κ2) is 4.81. The lowest BCUT2D eigenvalue weighted by atomic mass is 10.1. The Kier molecular flexibility index (Phi) is 2.99. The SMILES string of the molecule is CC1=C[C@H](OC(=O)c2cccc3ccccc23)OC1=O. The quantitative estimate of drug-likeness (QED) is 0.786. The average Bonchev–Trinajstić information content (AvgIpc) is 2.76. The van der Waals surface area contributed by atoms with Crippen molar-refractivity contribution >= 4 is 22.7 Å². The van der Waals surface area contributed by atoms with Gasteiger partial charge in [0.05, 0.1) is 5.56 Å². The Morgan fingerprint density at radius 1 is 1.15 bits per heavy atom. The molecule has 1 heterocycles. The summed E-state index contributed by atoms with van der Waals surface area (Å²) in [6.07, 6.45) is 0.555. The highest BCUT2D eigenvalue weighted by atomic mass is 16.7. The van der Waals surface area contributed by atoms with Gasteiger partial charge in [0.15, 0.2) is 0 Å². The lowest BCUT2D eigenvalue weighted by molar-refractivity contribution is -0.151. The standard InChI is InChI=1S/C16H12O4/c1-10-9-14(19-15(10)17)20-16(18)13-8-4-6-11-5-2-3-7-12(11)13/h2-9,14H,1H3/t14-/m0/s1. The number of carbonyl (C=O) groups excluding carboxylic acids is 2. The molecule has 0 radical (unpaired) electrons. The normalized spacial score (nSPS) is 17.8. The highest BCUT2D eigenvalue weighted by Gasteiger charge is 2.26. The highest BCUT2D eigenvalue weighted by Crippen LogP contribution is 2.21. The number of ether oxygens (including phenoxy) is 2. The van der Waals surface area contributed by atoms with E-state index in [1.54, 1.807) is 19.1 Å². The molecule has 1 atom stereocenters. The maximum absolute atomic E-state index is 12.2. The monoisotopic (exact) mass is 268 g/mol. The van der Waals surface area contributed by atoms with Crippen molar-refractivity contribution in [3.05, 3.63) is 59.7 Å². The number of rotatable bonds is 2. The van der Waals surface area contributed by atoms with E-state index in [1.807, 2.05) is 30.3 Å². The molecule has 0 saturated heterocycles. The molecular formula is C16H12O4. The van der Waals surface area contributed by atoms with E-state index in [0.29, 0.717) is 11.1 Å². The van der Waals surface area contributed by atoms with Crippen LogP contribution in [0.4, 0.5) is 0 Å². The van der Waals surface area contributed by atoms with E-state index in [1.165, 1.54) is 6.08 Å². The number of benzene rings is 2. The molecule has 2 aromatic carbocycles. The Balaban J connectivity index is 1.88. The van der Waals surface area contributed by atoms with Crippen LogP contribution in [0.5, 0.6) is 0 Å². The molecule has 0 aromatic heterocycles. The molecule has 4 nitrogen and oxygen atoms in total. The fourth-order valence-corrected chi connectivity index (χ4v) is 2.14. The molecule has 0 N–H and O–H groups in total. The van der Waals surface area contributed by atoms with Crippen LogP contribution >= 0.6 is 0 Å². The number of hydrogen-bond donors (Lipinski definition) is 0. The summed E-state index contributed by atoms with van der Waals surface area (Å²) in [5.41, 5.74) is 0.901. The summed E-state index contributed by atoms with van der Waals surface area (Å²) < 4.78 is 10.1. The van der Waals surface area contributed by atoms with Crippen molar-refractivity contribution < 1.29 is 19.1 Å². The van der Waals surface area contributed by atoms with Crippen molar-refractivity contribution in [3.63, 3.8) is 0 Å². The largest absolute Gasteiger partial charge is 0.418 e. The topological polar surface area (TPSA) is 52.6 Å². The Labute approximate surface area is 115 Å². The van der Waals surface area contributed by atoms with Gasteiger partial charge in [-0.15, -0.1) is 0 Å². The minimum Gasteiger partial charge on any atom is -0.418 e. The van der Waals surface area contributed by atoms with E-state index in [9.17, 15) is 9.59 Å². The summed E-state index contributed by atoms with van der Waals surface area (Å²) in [4.78, 5) is 23.4. The first-order valence-electron chi connectivity index (χ1n) is 6.23. The molecule has 0 saturated carbocycles. The molecule has 4 heteroatoms. The van der Waals surface area contributed by atoms with Gasteiger partial charge < -0.3 is 9.47 Å². The molecule has 20 heavy (non-hydrogen) atoms. The fraction of sp³-hybridized carbons (Fsp3) is 0.125. The molecule has 0 spiro atoms. The zero-order chi connectivity index (χ0) is 14.1. The molecule has 1 aliphatic heterocycles.